The van der Waals surface area contributed by atoms with E-state index in [1.165, 1.54) is 0 Å². The van der Waals surface area contributed by atoms with E-state index in [9.17, 15) is 0 Å². The van der Waals surface area contributed by atoms with Gasteiger partial charge in [-0.2, -0.15) is 0 Å². The van der Waals surface area contributed by atoms with Gasteiger partial charge in [0.05, 0.1) is 0 Å². The Morgan fingerprint density at radius 3 is 2.33 bits per heavy atom. The van der Waals surface area contributed by atoms with E-state index in [-0.39, 0.29) is 0 Å². The van der Waals surface area contributed by atoms with Crippen molar-refractivity contribution in [2.24, 2.45) is 0 Å². The monoisotopic (exact) mass is 114 g/mol. The van der Waals surface area contributed by atoms with E-state index in [1.54, 1.807) is 6.08 Å². The lowest BCUT2D eigenvalue weighted by molar-refractivity contribution is 1.78. The zero-order valence-electron chi connectivity index (χ0n) is 5.28. The zero-order valence-corrected chi connectivity index (χ0v) is 5.28. The molecule has 0 aromatic rings. The highest BCUT2D eigenvalue weighted by molar-refractivity contribution is 4.87. The molecule has 0 saturated carbocycles. The topological polar surface area (TPSA) is 0 Å². The molecule has 0 aromatic heterocycles. The lowest BCUT2D eigenvalue weighted by Gasteiger charge is -1.42. The van der Waals surface area contributed by atoms with Crippen LogP contribution < -0.4 is 0 Å². The molecule has 0 rings (SSSR count). The third-order valence-corrected chi connectivity index (χ3v) is 0.492. The molecular weight excluding hydrogens is 108 g/mol. The Morgan fingerprint density at radius 1 is 1.11 bits per heavy atom. The molecule has 0 unspecified atom stereocenters. The average Bonchev–Trinajstić information content (AvgIpc) is 1.89. The highest BCUT2D eigenvalue weighted by Gasteiger charge is 1.37. The van der Waals surface area contributed by atoms with Gasteiger partial charge in [-0.25, -0.2) is 0 Å². The second kappa shape index (κ2) is 6.42. The van der Waals surface area contributed by atoms with Crippen LogP contribution in [-0.4, -0.2) is 0 Å². The van der Waals surface area contributed by atoms with Gasteiger partial charge in [-0.15, -0.1) is 0 Å². The van der Waals surface area contributed by atoms with Crippen molar-refractivity contribution in [3.05, 3.63) is 47.0 Å². The molecule has 9 heavy (non-hydrogen) atoms. The third kappa shape index (κ3) is 6.42. The molecule has 0 heteroatoms. The Balaban J connectivity index is 4.94. The molecule has 0 aliphatic carbocycles. The van der Waals surface area contributed by atoms with Crippen LogP contribution in [0.2, 0.25) is 0 Å². The predicted molar refractivity (Wildman–Crippen MR) is 36.9 cm³/mol. The van der Waals surface area contributed by atoms with E-state index >= 15 is 0 Å². The normalized spacial score (nSPS) is 4.11. The van der Waals surface area contributed by atoms with Gasteiger partial charge < -0.3 is 0 Å². The van der Waals surface area contributed by atoms with E-state index in [2.05, 4.69) is 41.0 Å². The molecule has 0 amide bonds. The van der Waals surface area contributed by atoms with Gasteiger partial charge in [0, 0.05) is 0 Å². The summed E-state index contributed by atoms with van der Waals surface area (Å²) in [6.45, 7) is 5.13. The summed E-state index contributed by atoms with van der Waals surface area (Å²) in [7, 11) is 0. The van der Waals surface area contributed by atoms with Crippen LogP contribution >= 0.6 is 0 Å². The lowest BCUT2D eigenvalue weighted by Crippen LogP contribution is -1.24. The van der Waals surface area contributed by atoms with Crippen molar-refractivity contribution in [2.45, 2.75) is 6.92 Å². The van der Waals surface area contributed by atoms with Crippen molar-refractivity contribution in [3.8, 4) is 0 Å². The highest BCUT2D eigenvalue weighted by Crippen LogP contribution is 1.55. The van der Waals surface area contributed by atoms with Gasteiger partial charge in [-0.05, 0) is 42.5 Å². The molecular formula is C9H6. The predicted octanol–water partition coefficient (Wildman–Crippen LogP) is 2.12. The molecule has 0 spiro atoms. The maximum Gasteiger partial charge on any atom is -0.000709 e. The quantitative estimate of drug-likeness (QED) is 0.423. The SMILES string of the molecule is C=C=C=C=C=C=C=CC. The summed E-state index contributed by atoms with van der Waals surface area (Å²) >= 11 is 0. The van der Waals surface area contributed by atoms with Crippen molar-refractivity contribution >= 4 is 0 Å². The van der Waals surface area contributed by atoms with E-state index < -0.39 is 0 Å². The molecule has 0 saturated heterocycles. The van der Waals surface area contributed by atoms with Gasteiger partial charge in [0.2, 0.25) is 0 Å². The number of hydrogen-bond acceptors (Lipinski definition) is 0. The van der Waals surface area contributed by atoms with Gasteiger partial charge in [0.1, 0.15) is 0 Å². The van der Waals surface area contributed by atoms with Crippen LogP contribution in [0.25, 0.3) is 0 Å². The fourth-order valence-electron chi connectivity index (χ4n) is 0.215. The molecule has 0 nitrogen and oxygen atoms in total. The van der Waals surface area contributed by atoms with Gasteiger partial charge >= 0.3 is 0 Å². The zero-order chi connectivity index (χ0) is 6.95. The van der Waals surface area contributed by atoms with Crippen molar-refractivity contribution in [1.82, 2.24) is 0 Å². The van der Waals surface area contributed by atoms with Crippen molar-refractivity contribution in [3.63, 3.8) is 0 Å². The summed E-state index contributed by atoms with van der Waals surface area (Å²) in [4.78, 5) is 0. The van der Waals surface area contributed by atoms with Crippen LogP contribution in [0.5, 0.6) is 0 Å². The maximum absolute atomic E-state index is 3.28. The summed E-state index contributed by atoms with van der Waals surface area (Å²) in [6.07, 6.45) is 1.73. The van der Waals surface area contributed by atoms with E-state index in [1.807, 2.05) is 6.92 Å². The van der Waals surface area contributed by atoms with Gasteiger partial charge in [-0.1, -0.05) is 11.5 Å². The minimum Gasteiger partial charge on any atom is -0.0687 e. The second-order valence-corrected chi connectivity index (χ2v) is 1.11. The maximum atomic E-state index is 3.28. The molecule has 0 aliphatic heterocycles. The fraction of sp³-hybridized carbons (Fsp3) is 0.111. The molecule has 0 heterocycles. The molecule has 0 atom stereocenters. The van der Waals surface area contributed by atoms with Gasteiger partial charge in [-0.3, -0.25) is 0 Å². The van der Waals surface area contributed by atoms with E-state index in [0.717, 1.165) is 0 Å². The first-order valence-electron chi connectivity index (χ1n) is 2.47. The molecule has 0 N–H and O–H groups in total. The summed E-state index contributed by atoms with van der Waals surface area (Å²) < 4.78 is 0. The standard InChI is InChI=1S/C9H6/c1-3-5-7-9-8-6-4-2/h4H,1H2,2H3. The first kappa shape index (κ1) is 7.42. The van der Waals surface area contributed by atoms with Crippen LogP contribution in [0, 0.1) is 0 Å². The second-order valence-electron chi connectivity index (χ2n) is 1.11. The van der Waals surface area contributed by atoms with Crippen LogP contribution in [0.1, 0.15) is 6.92 Å². The van der Waals surface area contributed by atoms with Crippen LogP contribution in [0.15, 0.2) is 47.0 Å². The van der Waals surface area contributed by atoms with Crippen LogP contribution in [0.4, 0.5) is 0 Å². The Kier molecular flexibility index (Phi) is 5.29. The fourth-order valence-corrected chi connectivity index (χ4v) is 0.215. The largest absolute Gasteiger partial charge is 0.0687 e. The minimum absolute atomic E-state index is 1.73. The van der Waals surface area contributed by atoms with Crippen LogP contribution in [0.3, 0.4) is 0 Å². The van der Waals surface area contributed by atoms with Crippen molar-refractivity contribution in [1.29, 1.82) is 0 Å². The van der Waals surface area contributed by atoms with E-state index in [0.29, 0.717) is 0 Å². The molecule has 42 valence electrons. The summed E-state index contributed by atoms with van der Waals surface area (Å²) in [5.74, 6) is 0. The Morgan fingerprint density at radius 2 is 1.78 bits per heavy atom. The number of rotatable bonds is 0. The molecule has 0 bridgehead atoms. The molecule has 0 aliphatic rings. The number of hydrogen-bond donors (Lipinski definition) is 0. The molecule has 0 fully saturated rings. The first-order valence-corrected chi connectivity index (χ1v) is 2.47. The summed E-state index contributed by atoms with van der Waals surface area (Å²) in [6, 6.07) is 0. The molecule has 0 aromatic carbocycles. The Labute approximate surface area is 54.8 Å². The lowest BCUT2D eigenvalue weighted by atomic mass is 10.6. The smallest absolute Gasteiger partial charge is 0.000709 e. The van der Waals surface area contributed by atoms with Gasteiger partial charge in [0.15, 0.2) is 0 Å². The Bertz CT molecular complexity index is 283. The van der Waals surface area contributed by atoms with Crippen molar-refractivity contribution < 1.29 is 0 Å². The van der Waals surface area contributed by atoms with Crippen molar-refractivity contribution in [2.75, 3.05) is 0 Å². The highest BCUT2D eigenvalue weighted by atomic mass is 13.4. The number of allylic oxidation sites excluding steroid dienone is 1. The Hall–Kier alpha value is -1.58. The third-order valence-electron chi connectivity index (χ3n) is 0.492. The van der Waals surface area contributed by atoms with Gasteiger partial charge in [0.25, 0.3) is 0 Å². The minimum atomic E-state index is 1.73. The molecule has 0 radical (unpaired) electrons. The summed E-state index contributed by atoms with van der Waals surface area (Å²) in [5, 5.41) is 0. The summed E-state index contributed by atoms with van der Waals surface area (Å²) in [5.41, 5.74) is 15.1. The van der Waals surface area contributed by atoms with Crippen LogP contribution in [-0.2, 0) is 0 Å². The first-order chi connectivity index (χ1) is 4.41. The average molecular weight is 114 g/mol. The van der Waals surface area contributed by atoms with E-state index in [4.69, 9.17) is 0 Å².